The summed E-state index contributed by atoms with van der Waals surface area (Å²) in [5.41, 5.74) is 4.55. The maximum Gasteiger partial charge on any atom is 0.142 e. The zero-order valence-electron chi connectivity index (χ0n) is 13.7. The van der Waals surface area contributed by atoms with Gasteiger partial charge in [-0.2, -0.15) is 0 Å². The number of rotatable bonds is 3. The molecule has 120 valence electrons. The summed E-state index contributed by atoms with van der Waals surface area (Å²) in [6.07, 6.45) is 1.94. The second-order valence-corrected chi connectivity index (χ2v) is 7.00. The van der Waals surface area contributed by atoms with Crippen molar-refractivity contribution in [3.05, 3.63) is 70.5 Å². The lowest BCUT2D eigenvalue weighted by Gasteiger charge is -2.21. The highest BCUT2D eigenvalue weighted by molar-refractivity contribution is 5.52. The maximum atomic E-state index is 13.8. The Morgan fingerprint density at radius 2 is 1.96 bits per heavy atom. The highest BCUT2D eigenvalue weighted by Crippen LogP contribution is 2.52. The first-order valence-corrected chi connectivity index (χ1v) is 8.27. The molecule has 0 radical (unpaired) electrons. The quantitative estimate of drug-likeness (QED) is 0.804. The summed E-state index contributed by atoms with van der Waals surface area (Å²) >= 11 is 0. The Kier molecular flexibility index (Phi) is 3.51. The number of hydrogen-bond donors (Lipinski definition) is 0. The van der Waals surface area contributed by atoms with Gasteiger partial charge in [-0.3, -0.25) is 0 Å². The van der Waals surface area contributed by atoms with Crippen molar-refractivity contribution in [1.82, 2.24) is 4.90 Å². The predicted octanol–water partition coefficient (Wildman–Crippen LogP) is 3.69. The van der Waals surface area contributed by atoms with Gasteiger partial charge in [0.05, 0.1) is 6.61 Å². The van der Waals surface area contributed by atoms with Crippen LogP contribution in [0.5, 0.6) is 0 Å². The number of halogens is 1. The summed E-state index contributed by atoms with van der Waals surface area (Å²) in [5, 5.41) is 0. The van der Waals surface area contributed by atoms with Crippen molar-refractivity contribution < 1.29 is 9.13 Å². The molecule has 0 bridgehead atoms. The molecule has 0 amide bonds. The number of benzene rings is 2. The van der Waals surface area contributed by atoms with Crippen LogP contribution < -0.4 is 0 Å². The van der Waals surface area contributed by atoms with Crippen LogP contribution in [0.2, 0.25) is 0 Å². The van der Waals surface area contributed by atoms with E-state index in [9.17, 15) is 4.39 Å². The summed E-state index contributed by atoms with van der Waals surface area (Å²) in [6.45, 7) is 1.72. The van der Waals surface area contributed by atoms with E-state index in [1.165, 1.54) is 11.1 Å². The van der Waals surface area contributed by atoms with Crippen molar-refractivity contribution in [2.24, 2.45) is 0 Å². The highest BCUT2D eigenvalue weighted by atomic mass is 19.1. The second kappa shape index (κ2) is 5.43. The Hall–Kier alpha value is -1.71. The molecule has 23 heavy (non-hydrogen) atoms. The van der Waals surface area contributed by atoms with Crippen LogP contribution in [-0.2, 0) is 16.8 Å². The number of fused-ring (bicyclic) bond motifs is 4. The van der Waals surface area contributed by atoms with Crippen LogP contribution in [0.3, 0.4) is 0 Å². The normalized spacial score (nSPS) is 25.1. The average Bonchev–Trinajstić information content (AvgIpc) is 3.33. The Morgan fingerprint density at radius 3 is 2.70 bits per heavy atom. The van der Waals surface area contributed by atoms with Gasteiger partial charge in [-0.05, 0) is 73.8 Å². The molecule has 2 aromatic carbocycles. The lowest BCUT2D eigenvalue weighted by molar-refractivity contribution is 0.347. The van der Waals surface area contributed by atoms with Gasteiger partial charge in [0.15, 0.2) is 0 Å². The maximum absolute atomic E-state index is 13.8. The van der Waals surface area contributed by atoms with Crippen molar-refractivity contribution in [2.75, 3.05) is 27.2 Å². The van der Waals surface area contributed by atoms with Gasteiger partial charge in [-0.15, -0.1) is 0 Å². The van der Waals surface area contributed by atoms with Crippen LogP contribution in [0.1, 0.15) is 34.6 Å². The topological polar surface area (TPSA) is 15.8 Å². The zero-order chi connectivity index (χ0) is 16.0. The van der Waals surface area contributed by atoms with Gasteiger partial charge in [0, 0.05) is 0 Å². The fraction of sp³-hybridized carbons (Fsp3) is 0.400. The second-order valence-electron chi connectivity index (χ2n) is 7.00. The molecule has 0 saturated carbocycles. The molecule has 4 rings (SSSR count). The van der Waals surface area contributed by atoms with Crippen LogP contribution in [0.4, 0.5) is 4.39 Å². The van der Waals surface area contributed by atoms with E-state index in [1.54, 1.807) is 12.1 Å². The van der Waals surface area contributed by atoms with Gasteiger partial charge in [0.25, 0.3) is 0 Å². The van der Waals surface area contributed by atoms with Gasteiger partial charge in [-0.25, -0.2) is 4.39 Å². The molecule has 2 nitrogen and oxygen atoms in total. The molecule has 2 atom stereocenters. The molecule has 1 fully saturated rings. The zero-order valence-corrected chi connectivity index (χ0v) is 13.7. The van der Waals surface area contributed by atoms with Gasteiger partial charge in [0.2, 0.25) is 0 Å². The van der Waals surface area contributed by atoms with E-state index in [2.05, 4.69) is 43.3 Å². The van der Waals surface area contributed by atoms with Crippen LogP contribution in [0, 0.1) is 5.82 Å². The van der Waals surface area contributed by atoms with E-state index in [0.717, 1.165) is 30.5 Å². The molecule has 2 aliphatic rings. The number of hydrogen-bond acceptors (Lipinski definition) is 2. The largest absolute Gasteiger partial charge is 0.359 e. The van der Waals surface area contributed by atoms with Crippen LogP contribution in [0.25, 0.3) is 0 Å². The summed E-state index contributed by atoms with van der Waals surface area (Å²) in [6, 6.07) is 13.8. The third kappa shape index (κ3) is 2.48. The van der Waals surface area contributed by atoms with Gasteiger partial charge < -0.3 is 9.64 Å². The van der Waals surface area contributed by atoms with Crippen molar-refractivity contribution in [3.8, 4) is 0 Å². The fourth-order valence-electron chi connectivity index (χ4n) is 3.92. The molecular formula is C20H22FNO. The lowest BCUT2D eigenvalue weighted by atomic mass is 9.86. The Labute approximate surface area is 136 Å². The summed E-state index contributed by atoms with van der Waals surface area (Å²) in [4.78, 5) is 2.21. The molecule has 1 spiro atoms. The molecule has 0 aromatic heterocycles. The first-order chi connectivity index (χ1) is 11.1. The smallest absolute Gasteiger partial charge is 0.142 e. The molecule has 1 saturated heterocycles. The number of nitrogens with zero attached hydrogens (tertiary/aromatic N) is 1. The van der Waals surface area contributed by atoms with Crippen LogP contribution >= 0.6 is 0 Å². The summed E-state index contributed by atoms with van der Waals surface area (Å²) in [5.74, 6) is 0.245. The Morgan fingerprint density at radius 1 is 1.17 bits per heavy atom. The predicted molar refractivity (Wildman–Crippen MR) is 89.2 cm³/mol. The molecule has 3 heteroatoms. The summed E-state index contributed by atoms with van der Waals surface area (Å²) < 4.78 is 19.8. The third-order valence-corrected chi connectivity index (χ3v) is 5.16. The Bertz CT molecular complexity index is 736. The van der Waals surface area contributed by atoms with Gasteiger partial charge in [-0.1, -0.05) is 30.3 Å². The number of ether oxygens (including phenoxy) is 1. The van der Waals surface area contributed by atoms with E-state index in [1.807, 2.05) is 6.07 Å². The van der Waals surface area contributed by atoms with Crippen molar-refractivity contribution >= 4 is 0 Å². The minimum atomic E-state index is -0.341. The SMILES string of the molecule is CN(C)CCC1Cc2cc(F)ccc2C2(CO2)c2ccccc21. The molecule has 2 aromatic rings. The van der Waals surface area contributed by atoms with Crippen molar-refractivity contribution in [2.45, 2.75) is 24.4 Å². The van der Waals surface area contributed by atoms with E-state index in [0.29, 0.717) is 12.5 Å². The van der Waals surface area contributed by atoms with E-state index in [4.69, 9.17) is 4.74 Å². The van der Waals surface area contributed by atoms with Crippen molar-refractivity contribution in [1.29, 1.82) is 0 Å². The third-order valence-electron chi connectivity index (χ3n) is 5.16. The number of epoxide rings is 1. The fourth-order valence-corrected chi connectivity index (χ4v) is 3.92. The Balaban J connectivity index is 1.84. The minimum Gasteiger partial charge on any atom is -0.359 e. The lowest BCUT2D eigenvalue weighted by Crippen LogP contribution is -2.17. The monoisotopic (exact) mass is 311 g/mol. The van der Waals surface area contributed by atoms with E-state index < -0.39 is 0 Å². The van der Waals surface area contributed by atoms with Gasteiger partial charge in [0.1, 0.15) is 11.4 Å². The molecule has 1 aliphatic heterocycles. The van der Waals surface area contributed by atoms with Crippen LogP contribution in [0.15, 0.2) is 42.5 Å². The van der Waals surface area contributed by atoms with Gasteiger partial charge >= 0.3 is 0 Å². The molecular weight excluding hydrogens is 289 g/mol. The first kappa shape index (κ1) is 14.9. The molecule has 1 aliphatic carbocycles. The summed E-state index contributed by atoms with van der Waals surface area (Å²) in [7, 11) is 4.20. The van der Waals surface area contributed by atoms with Crippen molar-refractivity contribution in [3.63, 3.8) is 0 Å². The van der Waals surface area contributed by atoms with E-state index in [-0.39, 0.29) is 11.4 Å². The first-order valence-electron chi connectivity index (χ1n) is 8.27. The average molecular weight is 311 g/mol. The standard InChI is InChI=1S/C20H22FNO/c1-22(2)10-9-14-11-15-12-16(21)7-8-18(15)20(13-23-20)19-6-4-3-5-17(14)19/h3-8,12,14H,9-11,13H2,1-2H3. The molecule has 1 heterocycles. The van der Waals surface area contributed by atoms with E-state index >= 15 is 0 Å². The molecule has 0 N–H and O–H groups in total. The molecule has 2 unspecified atom stereocenters. The highest BCUT2D eigenvalue weighted by Gasteiger charge is 2.52. The van der Waals surface area contributed by atoms with Crippen LogP contribution in [-0.4, -0.2) is 32.1 Å². The minimum absolute atomic E-state index is 0.156.